The van der Waals surface area contributed by atoms with Crippen LogP contribution in [0.15, 0.2) is 36.5 Å². The Kier molecular flexibility index (Phi) is 14.9. The molecule has 0 spiro atoms. The number of carbonyl (C=O) groups is 6. The minimum Gasteiger partial charge on any atom is -0.445 e. The number of ether oxygens (including phenoxy) is 1. The van der Waals surface area contributed by atoms with Crippen LogP contribution in [0.3, 0.4) is 0 Å². The number of nitrogens with two attached hydrogens (primary N) is 1. The number of nitrogens with one attached hydrogen (secondary N) is 6. The molecule has 5 rings (SSSR count). The van der Waals surface area contributed by atoms with Crippen LogP contribution in [0.4, 0.5) is 4.79 Å². The van der Waals surface area contributed by atoms with Gasteiger partial charge in [0, 0.05) is 26.1 Å². The minimum absolute atomic E-state index is 0.00827. The third-order valence-corrected chi connectivity index (χ3v) is 10.6. The Bertz CT molecular complexity index is 1670. The number of carbonyl (C=O) groups excluding carboxylic acids is 6. The maximum Gasteiger partial charge on any atom is 0.407 e. The molecule has 9 N–H and O–H groups in total. The molecule has 2 saturated heterocycles. The van der Waals surface area contributed by atoms with Gasteiger partial charge in [-0.3, -0.25) is 24.0 Å². The Morgan fingerprint density at radius 2 is 1.75 bits per heavy atom. The van der Waals surface area contributed by atoms with Crippen LogP contribution >= 0.6 is 0 Å². The number of aliphatic hydroxyl groups is 1. The second-order valence-corrected chi connectivity index (χ2v) is 15.3. The summed E-state index contributed by atoms with van der Waals surface area (Å²) in [6.45, 7) is 3.75. The lowest BCUT2D eigenvalue weighted by Crippen LogP contribution is -2.58. The number of aromatic nitrogens is 3. The van der Waals surface area contributed by atoms with E-state index >= 15 is 0 Å². The molecule has 0 radical (unpaired) electrons. The molecular weight excluding hydrogens is 726 g/mol. The Balaban J connectivity index is 1.30. The second-order valence-electron chi connectivity index (χ2n) is 15.3. The molecule has 1 aromatic heterocycles. The predicted octanol–water partition coefficient (Wildman–Crippen LogP) is -0.280. The van der Waals surface area contributed by atoms with Crippen molar-refractivity contribution < 1.29 is 38.6 Å². The van der Waals surface area contributed by atoms with Crippen LogP contribution in [0.2, 0.25) is 0 Å². The van der Waals surface area contributed by atoms with Gasteiger partial charge >= 0.3 is 6.09 Å². The Hall–Kier alpha value is -4.98. The number of hydrogen-bond donors (Lipinski definition) is 8. The number of primary amides is 1. The van der Waals surface area contributed by atoms with Crippen molar-refractivity contribution in [1.29, 1.82) is 0 Å². The van der Waals surface area contributed by atoms with Crippen LogP contribution in [0.5, 0.6) is 0 Å². The Labute approximate surface area is 325 Å². The fourth-order valence-electron chi connectivity index (χ4n) is 7.53. The zero-order valence-electron chi connectivity index (χ0n) is 32.0. The van der Waals surface area contributed by atoms with Crippen molar-refractivity contribution in [3.05, 3.63) is 47.8 Å². The lowest BCUT2D eigenvalue weighted by molar-refractivity contribution is -0.143. The third kappa shape index (κ3) is 11.5. The first-order valence-corrected chi connectivity index (χ1v) is 19.4. The molecule has 3 heterocycles. The first-order chi connectivity index (χ1) is 26.8. The Morgan fingerprint density at radius 3 is 2.43 bits per heavy atom. The number of ketones is 1. The number of hydrogen-bond acceptors (Lipinski definition) is 13. The van der Waals surface area contributed by atoms with Crippen LogP contribution in [0.1, 0.15) is 95.4 Å². The fraction of sp³-hybridized carbons (Fsp3) is 0.622. The summed E-state index contributed by atoms with van der Waals surface area (Å²) in [5, 5.41) is 27.3. The third-order valence-electron chi connectivity index (χ3n) is 10.6. The molecular formula is C37H55N11O8. The first kappa shape index (κ1) is 42.2. The lowest BCUT2D eigenvalue weighted by atomic mass is 9.84. The summed E-state index contributed by atoms with van der Waals surface area (Å²) < 4.78 is 6.71. The van der Waals surface area contributed by atoms with Gasteiger partial charge in [0.25, 0.3) is 5.91 Å². The quantitative estimate of drug-likeness (QED) is 0.0716. The largest absolute Gasteiger partial charge is 0.445 e. The standard InChI is InChI=1S/C37H55N11O8/c1-37(2,55)30-20-41-46-48(30)25-18-29(47(21-25)35(53)27(17-23-11-5-3-6-12-23)43-33(51)28-19-40-45-44-28)34(52)42-26(31(49)32(38)50)15-9-10-16-39-36(54)56-22-24-13-7-4-8-14-24/h4,7-8,13-14,20,23,25-29,40,44-45,55H,3,5-6,9-12,15-19,21-22H2,1-2H3,(H2,38,50)(H,39,54)(H,42,52)(H,43,51)/t25-,26?,27+,28?,29-/m0/s1. The summed E-state index contributed by atoms with van der Waals surface area (Å²) >= 11 is 0. The highest BCUT2D eigenvalue weighted by atomic mass is 16.5. The number of Topliss-reactive ketones (excluding diaryl/α,β-unsaturated/α-hetero) is 1. The van der Waals surface area contributed by atoms with E-state index in [0.29, 0.717) is 31.5 Å². The number of nitrogens with zero attached hydrogens (tertiary/aromatic N) is 4. The smallest absolute Gasteiger partial charge is 0.407 e. The highest BCUT2D eigenvalue weighted by Crippen LogP contribution is 2.33. The second kappa shape index (κ2) is 19.7. The highest BCUT2D eigenvalue weighted by molar-refractivity contribution is 6.37. The van der Waals surface area contributed by atoms with Gasteiger partial charge in [-0.2, -0.15) is 5.53 Å². The molecule has 2 aromatic rings. The molecule has 19 nitrogen and oxygen atoms in total. The van der Waals surface area contributed by atoms with Gasteiger partial charge in [-0.1, -0.05) is 67.6 Å². The molecule has 56 heavy (non-hydrogen) atoms. The fourth-order valence-corrected chi connectivity index (χ4v) is 7.53. The molecule has 3 aliphatic rings. The molecule has 2 aliphatic heterocycles. The summed E-state index contributed by atoms with van der Waals surface area (Å²) in [6.07, 6.45) is 6.92. The number of unbranched alkanes of at least 4 members (excludes halogenated alkanes) is 1. The average Bonchev–Trinajstić information content (AvgIpc) is 3.98. The summed E-state index contributed by atoms with van der Waals surface area (Å²) in [6, 6.07) is 4.56. The van der Waals surface area contributed by atoms with E-state index in [-0.39, 0.29) is 44.4 Å². The molecule has 3 fully saturated rings. The molecule has 2 unspecified atom stereocenters. The van der Waals surface area contributed by atoms with E-state index in [4.69, 9.17) is 10.5 Å². The molecule has 19 heteroatoms. The monoisotopic (exact) mass is 781 g/mol. The van der Waals surface area contributed by atoms with Gasteiger partial charge in [0.05, 0.1) is 24.0 Å². The van der Waals surface area contributed by atoms with Crippen LogP contribution < -0.4 is 38.1 Å². The van der Waals surface area contributed by atoms with Crippen molar-refractivity contribution in [3.8, 4) is 0 Å². The van der Waals surface area contributed by atoms with Crippen LogP contribution in [-0.2, 0) is 40.9 Å². The number of benzene rings is 1. The van der Waals surface area contributed by atoms with Gasteiger partial charge in [0.15, 0.2) is 0 Å². The molecule has 5 atom stereocenters. The SMILES string of the molecule is CC(C)(O)c1cnnn1[C@H]1C[C@@H](C(=O)NC(CCCCNC(=O)OCc2ccccc2)C(=O)C(N)=O)N(C(=O)[C@@H](CC2CCCCC2)NC(=O)C2CNNN2)C1. The van der Waals surface area contributed by atoms with E-state index < -0.39 is 65.4 Å². The highest BCUT2D eigenvalue weighted by Gasteiger charge is 2.46. The molecule has 1 aromatic carbocycles. The number of hydrazine groups is 2. The van der Waals surface area contributed by atoms with Crippen LogP contribution in [0, 0.1) is 5.92 Å². The molecule has 1 aliphatic carbocycles. The van der Waals surface area contributed by atoms with Gasteiger partial charge < -0.3 is 36.4 Å². The lowest BCUT2D eigenvalue weighted by Gasteiger charge is -2.32. The zero-order valence-corrected chi connectivity index (χ0v) is 32.0. The molecule has 5 amide bonds. The van der Waals surface area contributed by atoms with Gasteiger partial charge in [-0.05, 0) is 51.0 Å². The van der Waals surface area contributed by atoms with E-state index in [1.165, 1.54) is 15.8 Å². The van der Waals surface area contributed by atoms with E-state index in [1.807, 2.05) is 30.3 Å². The van der Waals surface area contributed by atoms with Gasteiger partial charge in [0.2, 0.25) is 23.5 Å². The number of rotatable bonds is 18. The van der Waals surface area contributed by atoms with Crippen LogP contribution in [-0.4, -0.2) is 104 Å². The molecule has 306 valence electrons. The summed E-state index contributed by atoms with van der Waals surface area (Å²) in [5.74, 6) is -3.60. The van der Waals surface area contributed by atoms with Crippen molar-refractivity contribution in [3.63, 3.8) is 0 Å². The maximum atomic E-state index is 14.6. The van der Waals surface area contributed by atoms with Crippen molar-refractivity contribution in [2.24, 2.45) is 11.7 Å². The van der Waals surface area contributed by atoms with Crippen molar-refractivity contribution in [1.82, 2.24) is 52.2 Å². The zero-order chi connectivity index (χ0) is 40.2. The number of amides is 5. The molecule has 1 saturated carbocycles. The van der Waals surface area contributed by atoms with Gasteiger partial charge in [-0.25, -0.2) is 20.3 Å². The van der Waals surface area contributed by atoms with E-state index in [0.717, 1.165) is 37.7 Å². The number of likely N-dealkylation sites (tertiary alicyclic amines) is 1. The average molecular weight is 782 g/mol. The van der Waals surface area contributed by atoms with E-state index in [9.17, 15) is 33.9 Å². The van der Waals surface area contributed by atoms with Crippen molar-refractivity contribution in [2.45, 2.75) is 120 Å². The normalized spacial score (nSPS) is 21.2. The van der Waals surface area contributed by atoms with Crippen LogP contribution in [0.25, 0.3) is 0 Å². The predicted molar refractivity (Wildman–Crippen MR) is 200 cm³/mol. The summed E-state index contributed by atoms with van der Waals surface area (Å²) in [7, 11) is 0. The topological polar surface area (TPSA) is 264 Å². The maximum absolute atomic E-state index is 14.6. The van der Waals surface area contributed by atoms with Gasteiger partial charge in [-0.15, -0.1) is 5.10 Å². The van der Waals surface area contributed by atoms with Crippen molar-refractivity contribution in [2.75, 3.05) is 19.6 Å². The number of alkyl carbamates (subject to hydrolysis) is 1. The van der Waals surface area contributed by atoms with Gasteiger partial charge in [0.1, 0.15) is 30.3 Å². The Morgan fingerprint density at radius 1 is 1.02 bits per heavy atom. The minimum atomic E-state index is -1.35. The van der Waals surface area contributed by atoms with Crippen molar-refractivity contribution >= 4 is 35.5 Å². The summed E-state index contributed by atoms with van der Waals surface area (Å²) in [5.41, 5.74) is 13.6. The summed E-state index contributed by atoms with van der Waals surface area (Å²) in [4.78, 5) is 80.8. The molecule has 0 bridgehead atoms. The van der Waals surface area contributed by atoms with E-state index in [1.54, 1.807) is 13.8 Å². The first-order valence-electron chi connectivity index (χ1n) is 19.4. The van der Waals surface area contributed by atoms with E-state index in [2.05, 4.69) is 42.6 Å².